The highest BCUT2D eigenvalue weighted by Crippen LogP contribution is 2.31. The molecule has 1 atom stereocenters. The molecule has 0 unspecified atom stereocenters. The van der Waals surface area contributed by atoms with E-state index < -0.39 is 12.0 Å². The van der Waals surface area contributed by atoms with Gasteiger partial charge in [0.15, 0.2) is 4.80 Å². The predicted octanol–water partition coefficient (Wildman–Crippen LogP) is 3.63. The molecular formula is C25H21ClN2O4S. The van der Waals surface area contributed by atoms with Gasteiger partial charge in [-0.1, -0.05) is 65.9 Å². The molecule has 0 bridgehead atoms. The van der Waals surface area contributed by atoms with E-state index in [1.165, 1.54) is 22.0 Å². The molecule has 8 heteroatoms. The molecule has 2 heterocycles. The second kappa shape index (κ2) is 9.60. The minimum Gasteiger partial charge on any atom is -0.497 e. The summed E-state index contributed by atoms with van der Waals surface area (Å²) in [5, 5.41) is 0.542. The summed E-state index contributed by atoms with van der Waals surface area (Å²) in [6.07, 6.45) is 3.24. The van der Waals surface area contributed by atoms with Crippen LogP contribution in [0.4, 0.5) is 0 Å². The van der Waals surface area contributed by atoms with Crippen molar-refractivity contribution < 1.29 is 14.3 Å². The molecule has 1 aliphatic heterocycles. The number of methoxy groups -OCH3 is 1. The van der Waals surface area contributed by atoms with Gasteiger partial charge in [0, 0.05) is 5.02 Å². The van der Waals surface area contributed by atoms with E-state index in [2.05, 4.69) is 11.6 Å². The summed E-state index contributed by atoms with van der Waals surface area (Å²) < 4.78 is 12.6. The van der Waals surface area contributed by atoms with Crippen molar-refractivity contribution >= 4 is 35.0 Å². The molecular weight excluding hydrogens is 460 g/mol. The standard InChI is InChI=1S/C25H21ClN2O4S/c1-4-13-32-24(30)21-15(2)27-25-28(22(21)16-9-11-18(31-3)12-10-16)23(29)20(33-25)14-17-7-5-6-8-19(17)26/h4-12,14,22H,1,13H2,2-3H3/b20-14+/t22-/m0/s1. The molecule has 1 aliphatic rings. The van der Waals surface area contributed by atoms with Crippen molar-refractivity contribution in [1.29, 1.82) is 0 Å². The fourth-order valence-electron chi connectivity index (χ4n) is 3.63. The first-order chi connectivity index (χ1) is 15.9. The Morgan fingerprint density at radius 1 is 1.24 bits per heavy atom. The number of hydrogen-bond acceptors (Lipinski definition) is 6. The number of nitrogens with zero attached hydrogens (tertiary/aromatic N) is 2. The second-order valence-corrected chi connectivity index (χ2v) is 8.68. The third-order valence-corrected chi connectivity index (χ3v) is 6.52. The predicted molar refractivity (Wildman–Crippen MR) is 129 cm³/mol. The van der Waals surface area contributed by atoms with Crippen molar-refractivity contribution in [2.24, 2.45) is 4.99 Å². The molecule has 33 heavy (non-hydrogen) atoms. The third kappa shape index (κ3) is 4.42. The quantitative estimate of drug-likeness (QED) is 0.399. The van der Waals surface area contributed by atoms with Crippen molar-refractivity contribution in [2.75, 3.05) is 13.7 Å². The fourth-order valence-corrected chi connectivity index (χ4v) is 4.86. The number of esters is 1. The summed E-state index contributed by atoms with van der Waals surface area (Å²) in [4.78, 5) is 31.6. The Labute approximate surface area is 199 Å². The van der Waals surface area contributed by atoms with Crippen molar-refractivity contribution in [3.8, 4) is 5.75 Å². The number of fused-ring (bicyclic) bond motifs is 1. The van der Waals surface area contributed by atoms with E-state index in [-0.39, 0.29) is 12.2 Å². The number of halogens is 1. The van der Waals surface area contributed by atoms with Crippen LogP contribution in [0.15, 0.2) is 82.2 Å². The van der Waals surface area contributed by atoms with Crippen LogP contribution in [-0.4, -0.2) is 24.3 Å². The van der Waals surface area contributed by atoms with Crippen LogP contribution in [0, 0.1) is 0 Å². The first kappa shape index (κ1) is 22.8. The van der Waals surface area contributed by atoms with Crippen molar-refractivity contribution in [1.82, 2.24) is 4.57 Å². The zero-order chi connectivity index (χ0) is 23.5. The molecule has 168 valence electrons. The summed E-state index contributed by atoms with van der Waals surface area (Å²) in [7, 11) is 1.58. The van der Waals surface area contributed by atoms with Crippen LogP contribution in [0.5, 0.6) is 5.75 Å². The Morgan fingerprint density at radius 2 is 1.97 bits per heavy atom. The Kier molecular flexibility index (Phi) is 6.62. The molecule has 0 radical (unpaired) electrons. The maximum Gasteiger partial charge on any atom is 0.338 e. The Hall–Kier alpha value is -3.42. The van der Waals surface area contributed by atoms with E-state index in [1.807, 2.05) is 30.3 Å². The van der Waals surface area contributed by atoms with E-state index in [9.17, 15) is 9.59 Å². The van der Waals surface area contributed by atoms with Gasteiger partial charge in [-0.25, -0.2) is 9.79 Å². The lowest BCUT2D eigenvalue weighted by molar-refractivity contribution is -0.138. The van der Waals surface area contributed by atoms with Gasteiger partial charge >= 0.3 is 5.97 Å². The van der Waals surface area contributed by atoms with E-state index in [0.717, 1.165) is 11.1 Å². The molecule has 0 spiro atoms. The van der Waals surface area contributed by atoms with Crippen LogP contribution < -0.4 is 19.6 Å². The zero-order valence-electron chi connectivity index (χ0n) is 18.1. The molecule has 1 aromatic heterocycles. The molecule has 0 aliphatic carbocycles. The highest BCUT2D eigenvalue weighted by Gasteiger charge is 2.33. The summed E-state index contributed by atoms with van der Waals surface area (Å²) >= 11 is 7.54. The van der Waals surface area contributed by atoms with Crippen LogP contribution >= 0.6 is 22.9 Å². The topological polar surface area (TPSA) is 69.9 Å². The van der Waals surface area contributed by atoms with Crippen LogP contribution in [0.1, 0.15) is 24.1 Å². The van der Waals surface area contributed by atoms with Gasteiger partial charge < -0.3 is 9.47 Å². The van der Waals surface area contributed by atoms with Gasteiger partial charge in [0.05, 0.1) is 29.0 Å². The lowest BCUT2D eigenvalue weighted by Gasteiger charge is -2.24. The SMILES string of the molecule is C=CCOC(=O)C1=C(C)N=c2s/c(=C/c3ccccc3Cl)c(=O)n2[C@H]1c1ccc(OC)cc1. The Bertz CT molecular complexity index is 1430. The molecule has 4 rings (SSSR count). The van der Waals surface area contributed by atoms with Gasteiger partial charge in [0.2, 0.25) is 0 Å². The Morgan fingerprint density at radius 3 is 2.64 bits per heavy atom. The molecule has 6 nitrogen and oxygen atoms in total. The van der Waals surface area contributed by atoms with Crippen molar-refractivity contribution in [2.45, 2.75) is 13.0 Å². The highest BCUT2D eigenvalue weighted by molar-refractivity contribution is 7.07. The zero-order valence-corrected chi connectivity index (χ0v) is 19.7. The molecule has 0 fully saturated rings. The molecule has 0 saturated heterocycles. The van der Waals surface area contributed by atoms with E-state index in [0.29, 0.717) is 31.4 Å². The summed E-state index contributed by atoms with van der Waals surface area (Å²) in [6.45, 7) is 5.39. The Balaban J connectivity index is 1.94. The smallest absolute Gasteiger partial charge is 0.338 e. The number of carbonyl (C=O) groups excluding carboxylic acids is 1. The number of rotatable bonds is 6. The van der Waals surface area contributed by atoms with Gasteiger partial charge in [-0.3, -0.25) is 9.36 Å². The van der Waals surface area contributed by atoms with Crippen LogP contribution in [0.25, 0.3) is 6.08 Å². The van der Waals surface area contributed by atoms with Gasteiger partial charge in [0.1, 0.15) is 12.4 Å². The van der Waals surface area contributed by atoms with Crippen molar-refractivity contribution in [3.05, 3.63) is 108 Å². The van der Waals surface area contributed by atoms with E-state index in [4.69, 9.17) is 21.1 Å². The lowest BCUT2D eigenvalue weighted by atomic mass is 9.96. The molecule has 3 aromatic rings. The fraction of sp³-hybridized carbons (Fsp3) is 0.160. The van der Waals surface area contributed by atoms with Crippen LogP contribution in [0.3, 0.4) is 0 Å². The van der Waals surface area contributed by atoms with Crippen LogP contribution in [0.2, 0.25) is 5.02 Å². The summed E-state index contributed by atoms with van der Waals surface area (Å²) in [5.74, 6) is 0.124. The lowest BCUT2D eigenvalue weighted by Crippen LogP contribution is -2.39. The van der Waals surface area contributed by atoms with E-state index >= 15 is 0 Å². The van der Waals surface area contributed by atoms with Gasteiger partial charge in [-0.05, 0) is 42.3 Å². The largest absolute Gasteiger partial charge is 0.497 e. The normalized spacial score (nSPS) is 15.6. The number of aromatic nitrogens is 1. The number of benzene rings is 2. The minimum absolute atomic E-state index is 0.0574. The molecule has 2 aromatic carbocycles. The van der Waals surface area contributed by atoms with Crippen molar-refractivity contribution in [3.63, 3.8) is 0 Å². The number of hydrogen-bond donors (Lipinski definition) is 0. The average molecular weight is 481 g/mol. The number of ether oxygens (including phenoxy) is 2. The number of allylic oxidation sites excluding steroid dienone is 1. The van der Waals surface area contributed by atoms with Gasteiger partial charge in [0.25, 0.3) is 5.56 Å². The first-order valence-electron chi connectivity index (χ1n) is 10.1. The second-order valence-electron chi connectivity index (χ2n) is 7.26. The first-order valence-corrected chi connectivity index (χ1v) is 11.3. The monoisotopic (exact) mass is 480 g/mol. The molecule has 0 amide bonds. The maximum absolute atomic E-state index is 13.5. The summed E-state index contributed by atoms with van der Waals surface area (Å²) in [5.41, 5.74) is 2.00. The molecule has 0 saturated carbocycles. The summed E-state index contributed by atoms with van der Waals surface area (Å²) in [6, 6.07) is 13.8. The van der Waals surface area contributed by atoms with Gasteiger partial charge in [-0.2, -0.15) is 0 Å². The molecule has 0 N–H and O–H groups in total. The highest BCUT2D eigenvalue weighted by atomic mass is 35.5. The third-order valence-electron chi connectivity index (χ3n) is 5.20. The van der Waals surface area contributed by atoms with Crippen LogP contribution in [-0.2, 0) is 9.53 Å². The minimum atomic E-state index is -0.696. The average Bonchev–Trinajstić information content (AvgIpc) is 3.12. The van der Waals surface area contributed by atoms with Gasteiger partial charge in [-0.15, -0.1) is 0 Å². The van der Waals surface area contributed by atoms with E-state index in [1.54, 1.807) is 38.3 Å². The number of thiazole rings is 1. The maximum atomic E-state index is 13.5. The number of carbonyl (C=O) groups is 1.